The molecule has 0 amide bonds. The highest BCUT2D eigenvalue weighted by Crippen LogP contribution is 2.25. The lowest BCUT2D eigenvalue weighted by Gasteiger charge is -2.10. The number of hydrogen-bond acceptors (Lipinski definition) is 2. The van der Waals surface area contributed by atoms with Crippen molar-refractivity contribution < 1.29 is 9.84 Å². The summed E-state index contributed by atoms with van der Waals surface area (Å²) in [5.41, 5.74) is 6.33. The average molecular weight is 435 g/mol. The van der Waals surface area contributed by atoms with E-state index in [-0.39, 0.29) is 6.61 Å². The second-order valence-corrected chi connectivity index (χ2v) is 9.02. The molecule has 0 saturated heterocycles. The van der Waals surface area contributed by atoms with Gasteiger partial charge in [0, 0.05) is 0 Å². The number of aliphatic hydroxyl groups excluding tert-OH is 1. The highest BCUT2D eigenvalue weighted by Gasteiger charge is 2.04. The normalized spacial score (nSPS) is 10.4. The van der Waals surface area contributed by atoms with Crippen LogP contribution in [-0.4, -0.2) is 12.2 Å². The summed E-state index contributed by atoms with van der Waals surface area (Å²) in [5.74, 6) is 2.75. The lowest BCUT2D eigenvalue weighted by molar-refractivity contribution is 0.282. The molecule has 0 unspecified atom stereocenters. The van der Waals surface area contributed by atoms with E-state index >= 15 is 0 Å². The molecule has 2 nitrogen and oxygen atoms in total. The minimum absolute atomic E-state index is 0.137. The molecular formula is C30H42O2. The van der Waals surface area contributed by atoms with Crippen LogP contribution in [0.2, 0.25) is 0 Å². The zero-order valence-electron chi connectivity index (χ0n) is 21.2. The number of aliphatic hydroxyl groups is 1. The third-order valence-electron chi connectivity index (χ3n) is 5.33. The van der Waals surface area contributed by atoms with Crippen LogP contribution in [0.3, 0.4) is 0 Å². The number of para-hydroxylation sites is 1. The van der Waals surface area contributed by atoms with Gasteiger partial charge in [-0.1, -0.05) is 114 Å². The molecule has 0 aliphatic rings. The molecule has 0 radical (unpaired) electrons. The summed E-state index contributed by atoms with van der Waals surface area (Å²) in [7, 11) is 1.71. The number of ether oxygens (including phenoxy) is 1. The summed E-state index contributed by atoms with van der Waals surface area (Å²) in [6.45, 7) is 15.3. The van der Waals surface area contributed by atoms with Crippen molar-refractivity contribution >= 4 is 0 Å². The lowest BCUT2D eigenvalue weighted by Crippen LogP contribution is -1.92. The third kappa shape index (κ3) is 9.70. The van der Waals surface area contributed by atoms with Crippen molar-refractivity contribution in [1.29, 1.82) is 0 Å². The standard InChI is InChI=1S/2C10H14O.C10H14/c1-8(2)9-6-4-5-7-10(9)11-3;1-8(2)10-5-3-9(7-11)4-6-10;1-8(2)10-6-4-9(3)5-7-10/h4-8H,1-3H3;3-6,8,11H,7H2,1-2H3;4-8H,1-3H3. The first-order chi connectivity index (χ1) is 15.2. The van der Waals surface area contributed by atoms with Crippen molar-refractivity contribution in [2.24, 2.45) is 0 Å². The number of rotatable bonds is 5. The van der Waals surface area contributed by atoms with E-state index in [9.17, 15) is 0 Å². The Balaban J connectivity index is 0.000000240. The van der Waals surface area contributed by atoms with Crippen LogP contribution in [0.1, 0.15) is 87.1 Å². The maximum atomic E-state index is 8.77. The van der Waals surface area contributed by atoms with E-state index in [1.165, 1.54) is 22.3 Å². The zero-order valence-corrected chi connectivity index (χ0v) is 21.2. The molecule has 0 bridgehead atoms. The van der Waals surface area contributed by atoms with E-state index in [0.717, 1.165) is 11.3 Å². The minimum atomic E-state index is 0.137. The van der Waals surface area contributed by atoms with Crippen LogP contribution in [0, 0.1) is 6.92 Å². The molecule has 2 heteroatoms. The van der Waals surface area contributed by atoms with Crippen LogP contribution >= 0.6 is 0 Å². The van der Waals surface area contributed by atoms with Gasteiger partial charge in [0.1, 0.15) is 5.75 Å². The number of benzene rings is 3. The number of aryl methyl sites for hydroxylation is 1. The lowest BCUT2D eigenvalue weighted by atomic mass is 10.0. The molecule has 32 heavy (non-hydrogen) atoms. The SMILES string of the molecule is CC(C)c1ccc(CO)cc1.COc1ccccc1C(C)C.Cc1ccc(C(C)C)cc1. The maximum Gasteiger partial charge on any atom is 0.122 e. The molecule has 0 heterocycles. The Morgan fingerprint density at radius 1 is 0.656 bits per heavy atom. The van der Waals surface area contributed by atoms with E-state index in [1.807, 2.05) is 30.3 Å². The first-order valence-corrected chi connectivity index (χ1v) is 11.6. The van der Waals surface area contributed by atoms with Crippen LogP contribution < -0.4 is 4.74 Å². The molecule has 0 aromatic heterocycles. The van der Waals surface area contributed by atoms with Gasteiger partial charge in [-0.15, -0.1) is 0 Å². The van der Waals surface area contributed by atoms with Gasteiger partial charge in [0.2, 0.25) is 0 Å². The smallest absolute Gasteiger partial charge is 0.122 e. The molecule has 174 valence electrons. The molecule has 0 aliphatic heterocycles. The molecule has 3 rings (SSSR count). The predicted molar refractivity (Wildman–Crippen MR) is 139 cm³/mol. The van der Waals surface area contributed by atoms with Gasteiger partial charge in [-0.25, -0.2) is 0 Å². The van der Waals surface area contributed by atoms with Gasteiger partial charge < -0.3 is 9.84 Å². The van der Waals surface area contributed by atoms with Crippen LogP contribution in [0.5, 0.6) is 5.75 Å². The van der Waals surface area contributed by atoms with Gasteiger partial charge in [-0.05, 0) is 53.0 Å². The van der Waals surface area contributed by atoms with E-state index in [0.29, 0.717) is 17.8 Å². The topological polar surface area (TPSA) is 29.5 Å². The Kier molecular flexibility index (Phi) is 12.4. The summed E-state index contributed by atoms with van der Waals surface area (Å²) in [6.07, 6.45) is 0. The summed E-state index contributed by atoms with van der Waals surface area (Å²) >= 11 is 0. The second-order valence-electron chi connectivity index (χ2n) is 9.02. The van der Waals surface area contributed by atoms with Crippen molar-refractivity contribution in [3.63, 3.8) is 0 Å². The van der Waals surface area contributed by atoms with Crippen LogP contribution in [0.4, 0.5) is 0 Å². The molecule has 0 spiro atoms. The van der Waals surface area contributed by atoms with Crippen molar-refractivity contribution in [1.82, 2.24) is 0 Å². The third-order valence-corrected chi connectivity index (χ3v) is 5.33. The first-order valence-electron chi connectivity index (χ1n) is 11.6. The van der Waals surface area contributed by atoms with Crippen molar-refractivity contribution in [2.45, 2.75) is 72.8 Å². The maximum absolute atomic E-state index is 8.77. The van der Waals surface area contributed by atoms with Gasteiger partial charge in [-0.3, -0.25) is 0 Å². The summed E-state index contributed by atoms with van der Waals surface area (Å²) in [4.78, 5) is 0. The quantitative estimate of drug-likeness (QED) is 0.438. The Morgan fingerprint density at radius 3 is 1.50 bits per heavy atom. The van der Waals surface area contributed by atoms with Crippen LogP contribution in [0.25, 0.3) is 0 Å². The van der Waals surface area contributed by atoms with Crippen molar-refractivity contribution in [3.05, 3.63) is 101 Å². The van der Waals surface area contributed by atoms with Crippen molar-refractivity contribution in [3.8, 4) is 5.75 Å². The van der Waals surface area contributed by atoms with E-state index in [2.05, 4.69) is 90.9 Å². The zero-order chi connectivity index (χ0) is 24.1. The summed E-state index contributed by atoms with van der Waals surface area (Å²) < 4.78 is 5.21. The molecular weight excluding hydrogens is 392 g/mol. The Labute approximate surface area is 196 Å². The fourth-order valence-corrected chi connectivity index (χ4v) is 3.10. The molecule has 3 aromatic rings. The molecule has 1 N–H and O–H groups in total. The summed E-state index contributed by atoms with van der Waals surface area (Å²) in [6, 6.07) is 24.9. The molecule has 0 atom stereocenters. The Bertz CT molecular complexity index is 875. The van der Waals surface area contributed by atoms with Crippen LogP contribution in [-0.2, 0) is 6.61 Å². The van der Waals surface area contributed by atoms with Crippen LogP contribution in [0.15, 0.2) is 72.8 Å². The molecule has 0 fully saturated rings. The predicted octanol–water partition coefficient (Wildman–Crippen LogP) is 8.24. The monoisotopic (exact) mass is 434 g/mol. The van der Waals surface area contributed by atoms with Crippen molar-refractivity contribution in [2.75, 3.05) is 7.11 Å². The van der Waals surface area contributed by atoms with Gasteiger partial charge in [0.15, 0.2) is 0 Å². The van der Waals surface area contributed by atoms with E-state index < -0.39 is 0 Å². The van der Waals surface area contributed by atoms with Gasteiger partial charge in [-0.2, -0.15) is 0 Å². The molecule has 0 saturated carbocycles. The first kappa shape index (κ1) is 27.5. The summed E-state index contributed by atoms with van der Waals surface area (Å²) in [5, 5.41) is 8.77. The molecule has 0 aliphatic carbocycles. The Hall–Kier alpha value is -2.58. The van der Waals surface area contributed by atoms with E-state index in [4.69, 9.17) is 9.84 Å². The largest absolute Gasteiger partial charge is 0.496 e. The number of methoxy groups -OCH3 is 1. The number of hydrogen-bond donors (Lipinski definition) is 1. The average Bonchev–Trinajstić information content (AvgIpc) is 2.80. The fourth-order valence-electron chi connectivity index (χ4n) is 3.10. The van der Waals surface area contributed by atoms with Gasteiger partial charge >= 0.3 is 0 Å². The van der Waals surface area contributed by atoms with Gasteiger partial charge in [0.05, 0.1) is 13.7 Å². The molecule has 3 aromatic carbocycles. The highest BCUT2D eigenvalue weighted by atomic mass is 16.5. The fraction of sp³-hybridized carbons (Fsp3) is 0.400. The van der Waals surface area contributed by atoms with E-state index in [1.54, 1.807) is 7.11 Å². The van der Waals surface area contributed by atoms with Gasteiger partial charge in [0.25, 0.3) is 0 Å². The Morgan fingerprint density at radius 2 is 1.12 bits per heavy atom. The highest BCUT2D eigenvalue weighted by molar-refractivity contribution is 5.35. The second kappa shape index (κ2) is 14.5. The minimum Gasteiger partial charge on any atom is -0.496 e.